The summed E-state index contributed by atoms with van der Waals surface area (Å²) in [6.07, 6.45) is 1.30. The third-order valence-electron chi connectivity index (χ3n) is 11.4. The number of hydrogen-bond donors (Lipinski definition) is 0. The third kappa shape index (κ3) is 6.59. The van der Waals surface area contributed by atoms with Crippen LogP contribution in [0.2, 0.25) is 0 Å². The van der Waals surface area contributed by atoms with Crippen LogP contribution in [-0.2, 0) is 23.0 Å². The van der Waals surface area contributed by atoms with Crippen LogP contribution in [0.5, 0.6) is 28.7 Å². The van der Waals surface area contributed by atoms with E-state index in [0.29, 0.717) is 18.6 Å². The van der Waals surface area contributed by atoms with Crippen LogP contribution in [0, 0.1) is 0 Å². The molecule has 0 N–H and O–H groups in total. The molecule has 0 atom stereocenters. The van der Waals surface area contributed by atoms with Gasteiger partial charge in [0.2, 0.25) is 0 Å². The predicted octanol–water partition coefficient (Wildman–Crippen LogP) is 14.5. The van der Waals surface area contributed by atoms with Gasteiger partial charge in [0, 0.05) is 40.7 Å². The third-order valence-corrected chi connectivity index (χ3v) is 13.7. The summed E-state index contributed by atoms with van der Waals surface area (Å²) in [6, 6.07) is 58.2. The molecule has 0 aromatic heterocycles. The Morgan fingerprint density at radius 1 is 0.390 bits per heavy atom. The van der Waals surface area contributed by atoms with Gasteiger partial charge in [-0.15, -0.1) is 0 Å². The number of benzene rings is 9. The minimum atomic E-state index is -1.98. The van der Waals surface area contributed by atoms with Gasteiger partial charge >= 0.3 is 17.2 Å². The lowest BCUT2D eigenvalue weighted by molar-refractivity contribution is 0.0921. The number of fused-ring (bicyclic) bond motifs is 12. The van der Waals surface area contributed by atoms with Crippen molar-refractivity contribution in [1.29, 1.82) is 0 Å². The molecule has 0 amide bonds. The fraction of sp³-hybridized carbons (Fsp3) is 0.0980. The molecule has 8 heteroatoms. The summed E-state index contributed by atoms with van der Waals surface area (Å²) in [5.41, 5.74) is 4.24. The monoisotopic (exact) mass is 808 g/mol. The van der Waals surface area contributed by atoms with E-state index in [-0.39, 0.29) is 0 Å². The molecule has 288 valence electrons. The zero-order valence-electron chi connectivity index (χ0n) is 32.4. The average molecular weight is 809 g/mol. The maximum atomic E-state index is 6.99. The topological polar surface area (TPSA) is 55.4 Å². The molecule has 0 saturated heterocycles. The van der Waals surface area contributed by atoms with E-state index in [9.17, 15) is 0 Å². The van der Waals surface area contributed by atoms with Gasteiger partial charge < -0.3 is 22.6 Å². The van der Waals surface area contributed by atoms with E-state index in [1.54, 1.807) is 0 Å². The van der Waals surface area contributed by atoms with Crippen molar-refractivity contribution < 1.29 is 27.1 Å². The van der Waals surface area contributed by atoms with Gasteiger partial charge in [0.25, 0.3) is 0 Å². The highest BCUT2D eigenvalue weighted by Crippen LogP contribution is 2.55. The number of rotatable bonds is 5. The van der Waals surface area contributed by atoms with Crippen LogP contribution in [0.4, 0.5) is 0 Å². The number of para-hydroxylation sites is 1. The molecule has 6 nitrogen and oxygen atoms in total. The van der Waals surface area contributed by atoms with Crippen molar-refractivity contribution in [3.8, 4) is 28.7 Å². The maximum Gasteiger partial charge on any atom is 0.530 e. The van der Waals surface area contributed by atoms with Gasteiger partial charge in [-0.25, -0.2) is 0 Å². The highest BCUT2D eigenvalue weighted by molar-refractivity contribution is 7.43. The van der Waals surface area contributed by atoms with E-state index < -0.39 is 22.8 Å². The van der Waals surface area contributed by atoms with Crippen molar-refractivity contribution in [2.45, 2.75) is 32.3 Å². The molecule has 0 spiro atoms. The second-order valence-electron chi connectivity index (χ2n) is 15.4. The van der Waals surface area contributed by atoms with Gasteiger partial charge in [-0.3, -0.25) is 4.52 Å². The Kier molecular flexibility index (Phi) is 8.89. The molecule has 2 aliphatic rings. The van der Waals surface area contributed by atoms with Gasteiger partial charge in [-0.1, -0.05) is 140 Å². The van der Waals surface area contributed by atoms with Crippen LogP contribution in [0.25, 0.3) is 43.1 Å². The smallest absolute Gasteiger partial charge is 0.417 e. The largest absolute Gasteiger partial charge is 0.530 e. The van der Waals surface area contributed by atoms with E-state index in [2.05, 4.69) is 121 Å². The predicted molar refractivity (Wildman–Crippen MR) is 239 cm³/mol. The zero-order valence-corrected chi connectivity index (χ0v) is 34.2. The lowest BCUT2D eigenvalue weighted by Crippen LogP contribution is -2.23. The lowest BCUT2D eigenvalue weighted by atomic mass is 9.93. The van der Waals surface area contributed by atoms with Crippen molar-refractivity contribution in [1.82, 2.24) is 0 Å². The highest BCUT2D eigenvalue weighted by Gasteiger charge is 2.37. The summed E-state index contributed by atoms with van der Waals surface area (Å²) in [6.45, 7) is 4.03. The van der Waals surface area contributed by atoms with Crippen LogP contribution in [0.1, 0.15) is 41.7 Å². The summed E-state index contributed by atoms with van der Waals surface area (Å²) in [4.78, 5) is 0. The van der Waals surface area contributed by atoms with Gasteiger partial charge in [-0.05, 0) is 87.3 Å². The van der Waals surface area contributed by atoms with Crippen molar-refractivity contribution in [2.75, 3.05) is 0 Å². The van der Waals surface area contributed by atoms with Gasteiger partial charge in [0.05, 0.1) is 0 Å². The second-order valence-corrected chi connectivity index (χ2v) is 17.4. The Labute approximate surface area is 344 Å². The molecule has 2 heterocycles. The van der Waals surface area contributed by atoms with E-state index >= 15 is 0 Å². The van der Waals surface area contributed by atoms with Crippen LogP contribution >= 0.6 is 17.2 Å². The first-order valence-corrected chi connectivity index (χ1v) is 22.0. The molecule has 0 saturated carbocycles. The highest BCUT2D eigenvalue weighted by atomic mass is 31.2. The quantitative estimate of drug-likeness (QED) is 0.161. The summed E-state index contributed by atoms with van der Waals surface area (Å²) in [5.74, 6) is 3.53. The fourth-order valence-corrected chi connectivity index (χ4v) is 10.8. The standard InChI is InChI=1S/C51H38O6P2/c1-51(2,57-59-54-48-29-25-35-15-5-9-19-39(35)43(48)32-44-40-20-10-6-16-36(40)26-30-49(44)55-59)45-21-11-12-22-50(45)56-58-52-46-27-23-33-13-3-7-17-37(33)41(46)31-42-38-18-8-4-14-34(38)24-28-47(42)53-58/h3-30H,31-32H2,1-2H3. The van der Waals surface area contributed by atoms with E-state index in [4.69, 9.17) is 27.1 Å². The summed E-state index contributed by atoms with van der Waals surface area (Å²) in [7, 11) is -3.95. The van der Waals surface area contributed by atoms with Gasteiger partial charge in [0.1, 0.15) is 34.3 Å². The molecular formula is C51H38O6P2. The first-order valence-electron chi connectivity index (χ1n) is 19.8. The molecular weight excluding hydrogens is 771 g/mol. The minimum absolute atomic E-state index is 0.577. The Balaban J connectivity index is 0.967. The first-order chi connectivity index (χ1) is 28.9. The normalized spacial score (nSPS) is 14.3. The first kappa shape index (κ1) is 36.0. The Morgan fingerprint density at radius 3 is 1.14 bits per heavy atom. The Morgan fingerprint density at radius 2 is 0.729 bits per heavy atom. The van der Waals surface area contributed by atoms with Crippen LogP contribution < -0.4 is 22.6 Å². The molecule has 11 rings (SSSR count). The van der Waals surface area contributed by atoms with Crippen molar-refractivity contribution in [3.05, 3.63) is 198 Å². The molecule has 0 bridgehead atoms. The maximum absolute atomic E-state index is 6.99. The van der Waals surface area contributed by atoms with Crippen molar-refractivity contribution in [3.63, 3.8) is 0 Å². The lowest BCUT2D eigenvalue weighted by Gasteiger charge is -2.33. The Hall–Kier alpha value is -6.16. The van der Waals surface area contributed by atoms with Crippen LogP contribution in [0.15, 0.2) is 170 Å². The summed E-state index contributed by atoms with van der Waals surface area (Å²) < 4.78 is 40.9. The van der Waals surface area contributed by atoms with E-state index in [0.717, 1.165) is 93.9 Å². The SMILES string of the molecule is CC(C)(OP1Oc2ccc3ccccc3c2Cc2c(ccc3ccccc23)O1)c1ccccc1OP1Oc2ccc3ccccc3c2Cc2c(ccc3ccccc23)O1. The summed E-state index contributed by atoms with van der Waals surface area (Å²) >= 11 is 0. The second kappa shape index (κ2) is 14.6. The van der Waals surface area contributed by atoms with E-state index in [1.165, 1.54) is 0 Å². The van der Waals surface area contributed by atoms with E-state index in [1.807, 2.05) is 62.4 Å². The molecule has 0 unspecified atom stereocenters. The van der Waals surface area contributed by atoms with Crippen LogP contribution in [0.3, 0.4) is 0 Å². The molecule has 0 radical (unpaired) electrons. The molecule has 2 aliphatic heterocycles. The van der Waals surface area contributed by atoms with Gasteiger partial charge in [-0.2, -0.15) is 0 Å². The molecule has 0 aliphatic carbocycles. The molecule has 9 aromatic rings. The molecule has 59 heavy (non-hydrogen) atoms. The summed E-state index contributed by atoms with van der Waals surface area (Å²) in [5, 5.41) is 9.18. The molecule has 9 aromatic carbocycles. The number of hydrogen-bond acceptors (Lipinski definition) is 6. The van der Waals surface area contributed by atoms with Crippen molar-refractivity contribution in [2.24, 2.45) is 0 Å². The zero-order chi connectivity index (χ0) is 39.5. The Bertz CT molecular complexity index is 2920. The van der Waals surface area contributed by atoms with Crippen LogP contribution in [-0.4, -0.2) is 0 Å². The minimum Gasteiger partial charge on any atom is -0.417 e. The average Bonchev–Trinajstić information content (AvgIpc) is 3.25. The van der Waals surface area contributed by atoms with Crippen molar-refractivity contribution >= 4 is 60.3 Å². The fourth-order valence-electron chi connectivity index (χ4n) is 8.48. The molecule has 0 fully saturated rings. The van der Waals surface area contributed by atoms with Gasteiger partial charge in [0.15, 0.2) is 0 Å².